The molecule has 186 valence electrons. The van der Waals surface area contributed by atoms with Gasteiger partial charge in [-0.1, -0.05) is 50.8 Å². The third kappa shape index (κ3) is 5.82. The lowest BCUT2D eigenvalue weighted by Crippen LogP contribution is -2.32. The van der Waals surface area contributed by atoms with Crippen LogP contribution in [0, 0.1) is 6.92 Å². The number of aliphatic hydroxyl groups excluding tert-OH is 1. The first-order valence-electron chi connectivity index (χ1n) is 12.0. The number of likely N-dealkylation sites (tertiary alicyclic amines) is 1. The number of hydrogen-bond acceptors (Lipinski definition) is 5. The quantitative estimate of drug-likeness (QED) is 0.225. The molecule has 3 rings (SSSR count). The highest BCUT2D eigenvalue weighted by Gasteiger charge is 2.45. The monoisotopic (exact) mass is 476 g/mol. The first-order chi connectivity index (χ1) is 16.6. The van der Waals surface area contributed by atoms with Crippen molar-refractivity contribution in [3.05, 3.63) is 82.9 Å². The normalized spacial score (nSPS) is 17.5. The summed E-state index contributed by atoms with van der Waals surface area (Å²) in [5.41, 5.74) is 3.39. The largest absolute Gasteiger partial charge is 0.507 e. The molecule has 6 nitrogen and oxygen atoms in total. The summed E-state index contributed by atoms with van der Waals surface area (Å²) in [5, 5.41) is 11.3. The van der Waals surface area contributed by atoms with E-state index < -0.39 is 17.7 Å². The SMILES string of the molecule is C=CCOc1ccc(C(O)=C2C(=O)C(=O)N(CCCN(C)C)[C@H]2c2ccc(C(C)C)cc2)cc1C. The van der Waals surface area contributed by atoms with Gasteiger partial charge < -0.3 is 19.6 Å². The lowest BCUT2D eigenvalue weighted by Gasteiger charge is -2.26. The highest BCUT2D eigenvalue weighted by Crippen LogP contribution is 2.40. The van der Waals surface area contributed by atoms with Crippen molar-refractivity contribution < 1.29 is 19.4 Å². The number of aliphatic hydroxyl groups is 1. The molecule has 1 aliphatic rings. The zero-order chi connectivity index (χ0) is 25.7. The Labute approximate surface area is 208 Å². The van der Waals surface area contributed by atoms with E-state index in [0.29, 0.717) is 30.4 Å². The van der Waals surface area contributed by atoms with Gasteiger partial charge in [0.25, 0.3) is 11.7 Å². The number of nitrogens with zero attached hydrogens (tertiary/aromatic N) is 2. The van der Waals surface area contributed by atoms with Gasteiger partial charge in [0.2, 0.25) is 0 Å². The van der Waals surface area contributed by atoms with E-state index in [0.717, 1.165) is 24.1 Å². The fourth-order valence-electron chi connectivity index (χ4n) is 4.34. The Kier molecular flexibility index (Phi) is 8.52. The van der Waals surface area contributed by atoms with Gasteiger partial charge in [0.05, 0.1) is 11.6 Å². The molecule has 0 aromatic heterocycles. The maximum absolute atomic E-state index is 13.2. The van der Waals surface area contributed by atoms with E-state index in [1.54, 1.807) is 29.2 Å². The summed E-state index contributed by atoms with van der Waals surface area (Å²) in [5.74, 6) is -0.373. The van der Waals surface area contributed by atoms with E-state index in [-0.39, 0.29) is 11.3 Å². The van der Waals surface area contributed by atoms with E-state index in [9.17, 15) is 14.7 Å². The highest BCUT2D eigenvalue weighted by molar-refractivity contribution is 6.46. The van der Waals surface area contributed by atoms with E-state index in [4.69, 9.17) is 4.74 Å². The van der Waals surface area contributed by atoms with Crippen LogP contribution in [-0.2, 0) is 9.59 Å². The summed E-state index contributed by atoms with van der Waals surface area (Å²) >= 11 is 0. The second kappa shape index (κ2) is 11.4. The van der Waals surface area contributed by atoms with Gasteiger partial charge in [0.1, 0.15) is 18.1 Å². The molecule has 1 amide bonds. The molecule has 1 N–H and O–H groups in total. The predicted molar refractivity (Wildman–Crippen MR) is 140 cm³/mol. The molecular formula is C29H36N2O4. The second-order valence-corrected chi connectivity index (χ2v) is 9.55. The van der Waals surface area contributed by atoms with Gasteiger partial charge in [0.15, 0.2) is 0 Å². The molecule has 1 aliphatic heterocycles. The molecule has 1 saturated heterocycles. The van der Waals surface area contributed by atoms with Crippen molar-refractivity contribution in [3.63, 3.8) is 0 Å². The Bertz CT molecular complexity index is 1120. The Balaban J connectivity index is 2.07. The van der Waals surface area contributed by atoms with Gasteiger partial charge in [0, 0.05) is 12.1 Å². The Morgan fingerprint density at radius 1 is 1.17 bits per heavy atom. The lowest BCUT2D eigenvalue weighted by molar-refractivity contribution is -0.139. The van der Waals surface area contributed by atoms with Gasteiger partial charge >= 0.3 is 0 Å². The van der Waals surface area contributed by atoms with Crippen LogP contribution in [0.15, 0.2) is 60.7 Å². The topological polar surface area (TPSA) is 70.1 Å². The predicted octanol–water partition coefficient (Wildman–Crippen LogP) is 5.06. The highest BCUT2D eigenvalue weighted by atomic mass is 16.5. The van der Waals surface area contributed by atoms with Crippen LogP contribution in [0.3, 0.4) is 0 Å². The van der Waals surface area contributed by atoms with Gasteiger partial charge in [-0.2, -0.15) is 0 Å². The number of aryl methyl sites for hydroxylation is 1. The van der Waals surface area contributed by atoms with Crippen molar-refractivity contribution in [1.82, 2.24) is 9.80 Å². The standard InChI is InChI=1S/C29H36N2O4/c1-7-17-35-24-14-13-23(18-20(24)4)27(32)25-26(22-11-9-21(10-12-22)19(2)3)31(29(34)28(25)33)16-8-15-30(5)6/h7,9-14,18-19,26,32H,1,8,15-17H2,2-6H3/t26-/m0/s1. The van der Waals surface area contributed by atoms with Crippen LogP contribution in [0.4, 0.5) is 0 Å². The third-order valence-electron chi connectivity index (χ3n) is 6.27. The maximum atomic E-state index is 13.2. The van der Waals surface area contributed by atoms with Crippen molar-refractivity contribution in [2.75, 3.05) is 33.8 Å². The summed E-state index contributed by atoms with van der Waals surface area (Å²) in [7, 11) is 3.95. The van der Waals surface area contributed by atoms with E-state index in [1.807, 2.05) is 50.2 Å². The summed E-state index contributed by atoms with van der Waals surface area (Å²) in [6.07, 6.45) is 2.38. The molecule has 0 aliphatic carbocycles. The minimum Gasteiger partial charge on any atom is -0.507 e. The van der Waals surface area contributed by atoms with Gasteiger partial charge in [-0.15, -0.1) is 0 Å². The van der Waals surface area contributed by atoms with Crippen LogP contribution in [-0.4, -0.2) is 60.4 Å². The van der Waals surface area contributed by atoms with Gasteiger partial charge in [-0.05, 0) is 74.8 Å². The summed E-state index contributed by atoms with van der Waals surface area (Å²) in [4.78, 5) is 30.0. The van der Waals surface area contributed by atoms with Crippen molar-refractivity contribution in [2.24, 2.45) is 0 Å². The molecule has 35 heavy (non-hydrogen) atoms. The molecular weight excluding hydrogens is 440 g/mol. The Morgan fingerprint density at radius 2 is 1.86 bits per heavy atom. The number of carbonyl (C=O) groups excluding carboxylic acids is 2. The zero-order valence-electron chi connectivity index (χ0n) is 21.4. The smallest absolute Gasteiger partial charge is 0.295 e. The molecule has 2 aromatic carbocycles. The van der Waals surface area contributed by atoms with Crippen LogP contribution in [0.5, 0.6) is 5.75 Å². The average Bonchev–Trinajstić information content (AvgIpc) is 3.07. The van der Waals surface area contributed by atoms with Crippen LogP contribution in [0.1, 0.15) is 54.5 Å². The first kappa shape index (κ1) is 26.2. The summed E-state index contributed by atoms with van der Waals surface area (Å²) in [6, 6.07) is 12.5. The molecule has 0 bridgehead atoms. The van der Waals surface area contributed by atoms with Gasteiger partial charge in [-0.3, -0.25) is 9.59 Å². The maximum Gasteiger partial charge on any atom is 0.295 e. The number of rotatable bonds is 10. The number of Topliss-reactive ketones (excluding diaryl/α,β-unsaturated/α-hetero) is 1. The van der Waals surface area contributed by atoms with Crippen molar-refractivity contribution in [2.45, 2.75) is 39.2 Å². The number of carbonyl (C=O) groups is 2. The van der Waals surface area contributed by atoms with Crippen LogP contribution in [0.2, 0.25) is 0 Å². The van der Waals surface area contributed by atoms with Crippen LogP contribution >= 0.6 is 0 Å². The molecule has 2 aromatic rings. The van der Waals surface area contributed by atoms with Crippen molar-refractivity contribution in [3.8, 4) is 5.75 Å². The van der Waals surface area contributed by atoms with E-state index in [2.05, 4.69) is 20.4 Å². The van der Waals surface area contributed by atoms with E-state index >= 15 is 0 Å². The number of ether oxygens (including phenoxy) is 1. The molecule has 0 spiro atoms. The number of benzene rings is 2. The molecule has 1 heterocycles. The number of hydrogen-bond donors (Lipinski definition) is 1. The third-order valence-corrected chi connectivity index (χ3v) is 6.27. The van der Waals surface area contributed by atoms with E-state index in [1.165, 1.54) is 5.56 Å². The van der Waals surface area contributed by atoms with Crippen molar-refractivity contribution >= 4 is 17.4 Å². The molecule has 1 fully saturated rings. The fraction of sp³-hybridized carbons (Fsp3) is 0.379. The molecule has 0 radical (unpaired) electrons. The molecule has 0 saturated carbocycles. The number of amides is 1. The Morgan fingerprint density at radius 3 is 2.43 bits per heavy atom. The molecule has 6 heteroatoms. The summed E-state index contributed by atoms with van der Waals surface area (Å²) in [6.45, 7) is 11.3. The molecule has 1 atom stereocenters. The average molecular weight is 477 g/mol. The van der Waals surface area contributed by atoms with Crippen LogP contribution < -0.4 is 4.74 Å². The number of ketones is 1. The molecule has 0 unspecified atom stereocenters. The zero-order valence-corrected chi connectivity index (χ0v) is 21.4. The Hall–Kier alpha value is -3.38. The van der Waals surface area contributed by atoms with Crippen molar-refractivity contribution in [1.29, 1.82) is 0 Å². The fourth-order valence-corrected chi connectivity index (χ4v) is 4.34. The summed E-state index contributed by atoms with van der Waals surface area (Å²) < 4.78 is 5.64. The minimum atomic E-state index is -0.657. The van der Waals surface area contributed by atoms with Gasteiger partial charge in [-0.25, -0.2) is 0 Å². The minimum absolute atomic E-state index is 0.122. The first-order valence-corrected chi connectivity index (χ1v) is 12.0. The second-order valence-electron chi connectivity index (χ2n) is 9.55. The van der Waals surface area contributed by atoms with Crippen LogP contribution in [0.25, 0.3) is 5.76 Å². The lowest BCUT2D eigenvalue weighted by atomic mass is 9.93.